The average Bonchev–Trinajstić information content (AvgIpc) is 3.20. The largest absolute Gasteiger partial charge is 0.756 e. The van der Waals surface area contributed by atoms with Crippen molar-refractivity contribution in [1.29, 1.82) is 0 Å². The van der Waals surface area contributed by atoms with Gasteiger partial charge in [-0.25, -0.2) is 0 Å². The first kappa shape index (κ1) is 58.1. The summed E-state index contributed by atoms with van der Waals surface area (Å²) in [7, 11) is 0.945. The number of phosphoric acid groups is 1. The van der Waals surface area contributed by atoms with Crippen LogP contribution in [-0.4, -0.2) is 104 Å². The number of ether oxygens (including phenoxy) is 2. The molecule has 0 heterocycles. The molecule has 0 aliphatic rings. The van der Waals surface area contributed by atoms with E-state index in [0.717, 1.165) is 70.6 Å². The molecule has 0 bridgehead atoms. The first-order chi connectivity index (χ1) is 29.2. The van der Waals surface area contributed by atoms with Gasteiger partial charge in [0.2, 0.25) is 0 Å². The molecule has 0 radical (unpaired) electrons. The summed E-state index contributed by atoms with van der Waals surface area (Å²) >= 11 is 0. The molecule has 0 aliphatic heterocycles. The van der Waals surface area contributed by atoms with Crippen LogP contribution in [0.15, 0.2) is 85.1 Å². The lowest BCUT2D eigenvalue weighted by atomic mass is 10.1. The van der Waals surface area contributed by atoms with E-state index < -0.39 is 57.4 Å². The number of likely N-dealkylation sites (N-methyl/N-ethyl adjacent to an activating group) is 1. The van der Waals surface area contributed by atoms with E-state index in [1.54, 1.807) is 42.5 Å². The van der Waals surface area contributed by atoms with E-state index in [-0.39, 0.29) is 32.3 Å². The first-order valence-electron chi connectivity index (χ1n) is 22.6. The van der Waals surface area contributed by atoms with Crippen LogP contribution in [0.4, 0.5) is 0 Å². The van der Waals surface area contributed by atoms with Gasteiger partial charge in [-0.2, -0.15) is 0 Å². The van der Waals surface area contributed by atoms with Gasteiger partial charge in [-0.1, -0.05) is 144 Å². The molecule has 0 aromatic rings. The molecule has 3 N–H and O–H groups in total. The molecule has 0 spiro atoms. The second-order valence-electron chi connectivity index (χ2n) is 16.3. The molecule has 0 aliphatic carbocycles. The second kappa shape index (κ2) is 38.7. The molecule has 0 aromatic heterocycles. The summed E-state index contributed by atoms with van der Waals surface area (Å²) < 4.78 is 33.6. The zero-order valence-corrected chi connectivity index (χ0v) is 39.1. The van der Waals surface area contributed by atoms with Gasteiger partial charge in [-0.15, -0.1) is 0 Å². The van der Waals surface area contributed by atoms with Gasteiger partial charge < -0.3 is 43.2 Å². The fourth-order valence-corrected chi connectivity index (χ4v) is 6.24. The predicted octanol–water partition coefficient (Wildman–Crippen LogP) is 9.08. The van der Waals surface area contributed by atoms with Crippen molar-refractivity contribution >= 4 is 19.8 Å². The third kappa shape index (κ3) is 40.9. The molecule has 0 fully saturated rings. The zero-order chi connectivity index (χ0) is 45.5. The fourth-order valence-electron chi connectivity index (χ4n) is 5.51. The van der Waals surface area contributed by atoms with Crippen LogP contribution in [0.25, 0.3) is 0 Å². The molecule has 1 unspecified atom stereocenters. The van der Waals surface area contributed by atoms with Crippen molar-refractivity contribution in [3.05, 3.63) is 85.1 Å². The number of aliphatic hydroxyl groups is 3. The maximum absolute atomic E-state index is 12.7. The van der Waals surface area contributed by atoms with Crippen LogP contribution in [0.1, 0.15) is 136 Å². The number of aliphatic hydroxyl groups excluding tert-OH is 3. The van der Waals surface area contributed by atoms with Crippen molar-refractivity contribution in [1.82, 2.24) is 0 Å². The predicted molar refractivity (Wildman–Crippen MR) is 244 cm³/mol. The summed E-state index contributed by atoms with van der Waals surface area (Å²) in [5.74, 6) is -1.20. The van der Waals surface area contributed by atoms with E-state index in [2.05, 4.69) is 50.3 Å². The van der Waals surface area contributed by atoms with Crippen LogP contribution in [0.5, 0.6) is 0 Å². The number of phosphoric ester groups is 1. The summed E-state index contributed by atoms with van der Waals surface area (Å²) in [6, 6.07) is 0. The minimum atomic E-state index is -4.72. The smallest absolute Gasteiger partial charge is 0.306 e. The summed E-state index contributed by atoms with van der Waals surface area (Å²) in [6.07, 6.45) is 38.3. The normalized spacial score (nSPS) is 15.9. The molecule has 350 valence electrons. The number of hydrogen-bond acceptors (Lipinski definition) is 11. The van der Waals surface area contributed by atoms with Gasteiger partial charge in [0.25, 0.3) is 7.82 Å². The third-order valence-electron chi connectivity index (χ3n) is 9.25. The molecule has 0 aromatic carbocycles. The summed E-state index contributed by atoms with van der Waals surface area (Å²) in [4.78, 5) is 37.6. The van der Waals surface area contributed by atoms with Crippen LogP contribution in [0.3, 0.4) is 0 Å². The summed E-state index contributed by atoms with van der Waals surface area (Å²) in [5.41, 5.74) is 0. The number of quaternary nitrogens is 1. The Hall–Kier alpha value is -2.93. The number of carbonyl (C=O) groups is 2. The SMILES string of the molecule is CCCCC/C=C\C/C=C\C/C=C\CCCCCCC(=O)O[C@H](COC(=O)CCC[C@@H](O)[C@H](O)/C=C/C=C/C=C\C=C\[C@H](O)CCCCC)COP(=O)([O-])OCC[N+](C)(C)C. The molecule has 5 atom stereocenters. The van der Waals surface area contributed by atoms with E-state index in [1.165, 1.54) is 25.3 Å². The zero-order valence-electron chi connectivity index (χ0n) is 38.2. The Balaban J connectivity index is 4.73. The lowest BCUT2D eigenvalue weighted by Gasteiger charge is -2.28. The fraction of sp³-hybridized carbons (Fsp3) is 0.667. The van der Waals surface area contributed by atoms with E-state index in [9.17, 15) is 34.4 Å². The average molecular weight is 880 g/mol. The van der Waals surface area contributed by atoms with Crippen molar-refractivity contribution in [2.75, 3.05) is 47.5 Å². The quantitative estimate of drug-likeness (QED) is 0.0134. The summed E-state index contributed by atoms with van der Waals surface area (Å²) in [5, 5.41) is 30.5. The molecule has 61 heavy (non-hydrogen) atoms. The number of esters is 2. The van der Waals surface area contributed by atoms with E-state index in [4.69, 9.17) is 18.5 Å². The lowest BCUT2D eigenvalue weighted by molar-refractivity contribution is -0.870. The molecule has 12 nitrogen and oxygen atoms in total. The topological polar surface area (TPSA) is 172 Å². The van der Waals surface area contributed by atoms with E-state index in [0.29, 0.717) is 17.4 Å². The van der Waals surface area contributed by atoms with Crippen molar-refractivity contribution in [2.24, 2.45) is 0 Å². The highest BCUT2D eigenvalue weighted by Crippen LogP contribution is 2.38. The van der Waals surface area contributed by atoms with Gasteiger partial charge in [0.05, 0.1) is 46.1 Å². The Labute approximate surface area is 369 Å². The minimum Gasteiger partial charge on any atom is -0.756 e. The van der Waals surface area contributed by atoms with Crippen LogP contribution in [0.2, 0.25) is 0 Å². The second-order valence-corrected chi connectivity index (χ2v) is 17.7. The number of carbonyl (C=O) groups excluding carboxylic acids is 2. The van der Waals surface area contributed by atoms with Crippen molar-refractivity contribution in [2.45, 2.75) is 160 Å². The standard InChI is InChI=1S/C48H82NO11P/c1-6-8-10-11-12-13-14-15-16-17-18-19-20-21-22-27-31-37-48(54)60-44(42-59-61(55,56)58-40-39-49(3,4)5)41-57-47(53)38-32-36-46(52)45(51)35-30-26-24-23-25-29-34-43(50)33-28-9-7-2/h12-13,15-16,18-19,23-26,29-30,34-35,43-46,50-52H,6-11,14,17,20-22,27-28,31-33,36-42H2,1-5H3/b13-12-,16-15-,19-18-,25-23-,26-24+,34-29+,35-30+/t43-,44-,45-,46-/m1/s1. The molecule has 0 rings (SSSR count). The Morgan fingerprint density at radius 3 is 1.84 bits per heavy atom. The van der Waals surface area contributed by atoms with Gasteiger partial charge in [0.1, 0.15) is 19.8 Å². The maximum Gasteiger partial charge on any atom is 0.306 e. The molecular formula is C48H82NO11P. The number of hydrogen-bond donors (Lipinski definition) is 3. The number of nitrogens with zero attached hydrogens (tertiary/aromatic N) is 1. The number of allylic oxidation sites excluding steroid dienone is 12. The Bertz CT molecular complexity index is 1370. The Morgan fingerprint density at radius 2 is 1.20 bits per heavy atom. The van der Waals surface area contributed by atoms with Crippen LogP contribution in [-0.2, 0) is 32.7 Å². The molecule has 13 heteroatoms. The molecule has 0 amide bonds. The third-order valence-corrected chi connectivity index (χ3v) is 10.2. The van der Waals surface area contributed by atoms with Crippen molar-refractivity contribution < 1.29 is 57.4 Å². The number of rotatable bonds is 39. The molecule has 0 saturated heterocycles. The van der Waals surface area contributed by atoms with Crippen LogP contribution in [0, 0.1) is 0 Å². The van der Waals surface area contributed by atoms with Crippen LogP contribution < -0.4 is 4.89 Å². The van der Waals surface area contributed by atoms with Gasteiger partial charge in [-0.3, -0.25) is 14.2 Å². The minimum absolute atomic E-state index is 0.0858. The van der Waals surface area contributed by atoms with E-state index in [1.807, 2.05) is 21.1 Å². The molecule has 0 saturated carbocycles. The highest BCUT2D eigenvalue weighted by molar-refractivity contribution is 7.45. The summed E-state index contributed by atoms with van der Waals surface area (Å²) in [6.45, 7) is 3.65. The van der Waals surface area contributed by atoms with Gasteiger partial charge in [0.15, 0.2) is 6.10 Å². The molecular weight excluding hydrogens is 797 g/mol. The maximum atomic E-state index is 12.7. The monoisotopic (exact) mass is 880 g/mol. The first-order valence-corrected chi connectivity index (χ1v) is 24.1. The Morgan fingerprint density at radius 1 is 0.639 bits per heavy atom. The van der Waals surface area contributed by atoms with Gasteiger partial charge in [0, 0.05) is 12.8 Å². The van der Waals surface area contributed by atoms with Crippen LogP contribution >= 0.6 is 7.82 Å². The van der Waals surface area contributed by atoms with Crippen molar-refractivity contribution in [3.8, 4) is 0 Å². The van der Waals surface area contributed by atoms with Crippen molar-refractivity contribution in [3.63, 3.8) is 0 Å². The van der Waals surface area contributed by atoms with E-state index >= 15 is 0 Å². The highest BCUT2D eigenvalue weighted by atomic mass is 31.2. The van der Waals surface area contributed by atoms with Gasteiger partial charge >= 0.3 is 11.9 Å². The van der Waals surface area contributed by atoms with Gasteiger partial charge in [-0.05, 0) is 64.2 Å². The highest BCUT2D eigenvalue weighted by Gasteiger charge is 2.22. The Kier molecular flexibility index (Phi) is 36.9. The lowest BCUT2D eigenvalue weighted by Crippen LogP contribution is -2.37. The number of unbranched alkanes of at least 4 members (excludes halogenated alkanes) is 9.